The Balaban J connectivity index is 2.38. The Morgan fingerprint density at radius 3 is 2.71 bits per heavy atom. The lowest BCUT2D eigenvalue weighted by molar-refractivity contribution is -0.385. The molecule has 2 atom stereocenters. The van der Waals surface area contributed by atoms with Crippen molar-refractivity contribution in [2.24, 2.45) is 0 Å². The first-order valence-corrected chi connectivity index (χ1v) is 6.25. The van der Waals surface area contributed by atoms with Crippen molar-refractivity contribution in [1.82, 2.24) is 0 Å². The Bertz CT molecular complexity index is 550. The van der Waals surface area contributed by atoms with Gasteiger partial charge in [0.15, 0.2) is 5.44 Å². The summed E-state index contributed by atoms with van der Waals surface area (Å²) in [6.07, 6.45) is -0.737. The third-order valence-corrected chi connectivity index (χ3v) is 4.20. The molecule has 2 rings (SSSR count). The molecule has 1 saturated heterocycles. The molecule has 1 N–H and O–H groups in total. The number of nitro benzene ring substituents is 1. The maximum atomic E-state index is 11.8. The van der Waals surface area contributed by atoms with Crippen molar-refractivity contribution in [3.8, 4) is 0 Å². The SMILES string of the molecule is O=[N+]([O-])c1cccc(S(=O)(=O)C(O)C2CO2)c1. The summed E-state index contributed by atoms with van der Waals surface area (Å²) >= 11 is 0. The second kappa shape index (κ2) is 4.06. The highest BCUT2D eigenvalue weighted by Crippen LogP contribution is 2.26. The van der Waals surface area contributed by atoms with Gasteiger partial charge in [-0.2, -0.15) is 0 Å². The molecule has 0 aliphatic carbocycles. The van der Waals surface area contributed by atoms with Crippen LogP contribution in [-0.4, -0.2) is 36.6 Å². The van der Waals surface area contributed by atoms with Crippen LogP contribution in [0.4, 0.5) is 5.69 Å². The van der Waals surface area contributed by atoms with E-state index in [9.17, 15) is 23.6 Å². The summed E-state index contributed by atoms with van der Waals surface area (Å²) in [7, 11) is -4.01. The van der Waals surface area contributed by atoms with Crippen molar-refractivity contribution in [3.63, 3.8) is 0 Å². The minimum Gasteiger partial charge on any atom is -0.375 e. The van der Waals surface area contributed by atoms with Crippen molar-refractivity contribution < 1.29 is 23.2 Å². The van der Waals surface area contributed by atoms with Crippen LogP contribution < -0.4 is 0 Å². The van der Waals surface area contributed by atoms with Gasteiger partial charge in [-0.3, -0.25) is 10.1 Å². The zero-order valence-electron chi connectivity index (χ0n) is 8.52. The van der Waals surface area contributed by atoms with Crippen LogP contribution in [0, 0.1) is 10.1 Å². The Morgan fingerprint density at radius 2 is 2.18 bits per heavy atom. The van der Waals surface area contributed by atoms with Crippen molar-refractivity contribution in [2.75, 3.05) is 6.61 Å². The monoisotopic (exact) mass is 259 g/mol. The van der Waals surface area contributed by atoms with Gasteiger partial charge in [0.1, 0.15) is 6.10 Å². The van der Waals surface area contributed by atoms with Crippen LogP contribution in [-0.2, 0) is 14.6 Å². The van der Waals surface area contributed by atoms with Gasteiger partial charge in [-0.15, -0.1) is 0 Å². The highest BCUT2D eigenvalue weighted by molar-refractivity contribution is 7.92. The molecule has 7 nitrogen and oxygen atoms in total. The molecule has 17 heavy (non-hydrogen) atoms. The number of rotatable bonds is 4. The van der Waals surface area contributed by atoms with Gasteiger partial charge in [0.2, 0.25) is 9.84 Å². The summed E-state index contributed by atoms with van der Waals surface area (Å²) in [5, 5.41) is 20.0. The number of hydrogen-bond acceptors (Lipinski definition) is 6. The summed E-state index contributed by atoms with van der Waals surface area (Å²) in [4.78, 5) is 9.54. The van der Waals surface area contributed by atoms with Crippen LogP contribution in [0.5, 0.6) is 0 Å². The van der Waals surface area contributed by atoms with Crippen LogP contribution in [0.1, 0.15) is 0 Å². The van der Waals surface area contributed by atoms with E-state index < -0.39 is 26.3 Å². The van der Waals surface area contributed by atoms with Gasteiger partial charge in [-0.25, -0.2) is 8.42 Å². The zero-order chi connectivity index (χ0) is 12.6. The molecule has 0 radical (unpaired) electrons. The first-order chi connectivity index (χ1) is 7.93. The van der Waals surface area contributed by atoms with Gasteiger partial charge in [0.05, 0.1) is 16.4 Å². The second-order valence-electron chi connectivity index (χ2n) is 3.56. The quantitative estimate of drug-likeness (QED) is 0.466. The van der Waals surface area contributed by atoms with Crippen LogP contribution in [0.2, 0.25) is 0 Å². The maximum Gasteiger partial charge on any atom is 0.270 e. The van der Waals surface area contributed by atoms with E-state index in [4.69, 9.17) is 4.74 Å². The van der Waals surface area contributed by atoms with E-state index >= 15 is 0 Å². The number of non-ortho nitro benzene ring substituents is 1. The number of nitrogens with zero attached hydrogens (tertiary/aromatic N) is 1. The highest BCUT2D eigenvalue weighted by atomic mass is 32.2. The normalized spacial score (nSPS) is 20.9. The third-order valence-electron chi connectivity index (χ3n) is 2.35. The molecule has 1 aromatic carbocycles. The predicted molar refractivity (Wildman–Crippen MR) is 56.0 cm³/mol. The van der Waals surface area contributed by atoms with Crippen molar-refractivity contribution in [3.05, 3.63) is 34.4 Å². The molecular weight excluding hydrogens is 250 g/mol. The van der Waals surface area contributed by atoms with E-state index in [1.165, 1.54) is 18.2 Å². The molecule has 1 fully saturated rings. The molecule has 0 saturated carbocycles. The van der Waals surface area contributed by atoms with Crippen LogP contribution in [0.3, 0.4) is 0 Å². The fraction of sp³-hybridized carbons (Fsp3) is 0.333. The van der Waals surface area contributed by atoms with Gasteiger partial charge in [-0.1, -0.05) is 6.07 Å². The second-order valence-corrected chi connectivity index (χ2v) is 5.61. The third kappa shape index (κ3) is 2.28. The molecular formula is C9H9NO6S. The lowest BCUT2D eigenvalue weighted by Gasteiger charge is -2.08. The molecule has 0 aromatic heterocycles. The number of epoxide rings is 1. The molecule has 8 heteroatoms. The minimum absolute atomic E-state index is 0.176. The zero-order valence-corrected chi connectivity index (χ0v) is 9.33. The first kappa shape index (κ1) is 12.0. The molecule has 1 aliphatic heterocycles. The summed E-state index contributed by atoms with van der Waals surface area (Å²) in [5.41, 5.74) is -2.01. The average Bonchev–Trinajstić information content (AvgIpc) is 3.12. The van der Waals surface area contributed by atoms with Gasteiger partial charge in [0, 0.05) is 12.1 Å². The number of aliphatic hydroxyl groups excluding tert-OH is 1. The lowest BCUT2D eigenvalue weighted by Crippen LogP contribution is -2.26. The van der Waals surface area contributed by atoms with E-state index in [0.717, 1.165) is 6.07 Å². The minimum atomic E-state index is -4.01. The Kier molecular flexibility index (Phi) is 2.86. The molecule has 1 heterocycles. The maximum absolute atomic E-state index is 11.8. The van der Waals surface area contributed by atoms with Crippen LogP contribution in [0.25, 0.3) is 0 Å². The number of aliphatic hydroxyl groups is 1. The van der Waals surface area contributed by atoms with Gasteiger partial charge < -0.3 is 9.84 Å². The van der Waals surface area contributed by atoms with E-state index in [2.05, 4.69) is 0 Å². The summed E-state index contributed by atoms with van der Waals surface area (Å²) in [5.74, 6) is 0. The Hall–Kier alpha value is -1.51. The van der Waals surface area contributed by atoms with Crippen LogP contribution in [0.15, 0.2) is 29.2 Å². The molecule has 0 amide bonds. The van der Waals surface area contributed by atoms with E-state index in [0.29, 0.717) is 0 Å². The number of hydrogen-bond donors (Lipinski definition) is 1. The standard InChI is InChI=1S/C9H9NO6S/c11-9(8-5-16-8)17(14,15)7-3-1-2-6(4-7)10(12)13/h1-4,8-9,11H,5H2. The average molecular weight is 259 g/mol. The lowest BCUT2D eigenvalue weighted by atomic mass is 10.3. The predicted octanol–water partition coefficient (Wildman–Crippen LogP) is 0.0857. The highest BCUT2D eigenvalue weighted by Gasteiger charge is 2.41. The van der Waals surface area contributed by atoms with Gasteiger partial charge >= 0.3 is 0 Å². The molecule has 0 spiro atoms. The molecule has 0 bridgehead atoms. The largest absolute Gasteiger partial charge is 0.375 e. The van der Waals surface area contributed by atoms with Gasteiger partial charge in [0.25, 0.3) is 5.69 Å². The van der Waals surface area contributed by atoms with Crippen molar-refractivity contribution in [2.45, 2.75) is 16.4 Å². The molecule has 1 aromatic rings. The summed E-state index contributed by atoms with van der Waals surface area (Å²) in [6.45, 7) is 0.176. The van der Waals surface area contributed by atoms with Gasteiger partial charge in [-0.05, 0) is 6.07 Å². The fourth-order valence-electron chi connectivity index (χ4n) is 1.33. The Labute approximate surface area is 96.7 Å². The van der Waals surface area contributed by atoms with Crippen molar-refractivity contribution in [1.29, 1.82) is 0 Å². The smallest absolute Gasteiger partial charge is 0.270 e. The number of ether oxygens (including phenoxy) is 1. The van der Waals surface area contributed by atoms with Crippen molar-refractivity contribution >= 4 is 15.5 Å². The first-order valence-electron chi connectivity index (χ1n) is 4.71. The molecule has 1 aliphatic rings. The number of benzene rings is 1. The summed E-state index contributed by atoms with van der Waals surface area (Å²) < 4.78 is 28.4. The van der Waals surface area contributed by atoms with E-state index in [1.807, 2.05) is 0 Å². The van der Waals surface area contributed by atoms with E-state index in [-0.39, 0.29) is 17.2 Å². The molecule has 92 valence electrons. The summed E-state index contributed by atoms with van der Waals surface area (Å²) in [6, 6.07) is 4.55. The number of nitro groups is 1. The topological polar surface area (TPSA) is 110 Å². The van der Waals surface area contributed by atoms with E-state index in [1.54, 1.807) is 0 Å². The fourth-order valence-corrected chi connectivity index (χ4v) is 2.72. The Morgan fingerprint density at radius 1 is 1.53 bits per heavy atom. The molecule has 2 unspecified atom stereocenters. The van der Waals surface area contributed by atoms with Crippen LogP contribution >= 0.6 is 0 Å². The number of sulfone groups is 1.